The molecule has 2 heterocycles. The van der Waals surface area contributed by atoms with Gasteiger partial charge in [0, 0.05) is 0 Å². The van der Waals surface area contributed by atoms with Gasteiger partial charge in [-0.25, -0.2) is 9.97 Å². The fourth-order valence-corrected chi connectivity index (χ4v) is 3.18. The van der Waals surface area contributed by atoms with Gasteiger partial charge in [0.2, 0.25) is 0 Å². The van der Waals surface area contributed by atoms with E-state index in [-0.39, 0.29) is 11.9 Å². The van der Waals surface area contributed by atoms with Crippen LogP contribution in [0.5, 0.6) is 11.8 Å². The predicted molar refractivity (Wildman–Crippen MR) is 90.8 cm³/mol. The molecule has 0 radical (unpaired) electrons. The Morgan fingerprint density at radius 2 is 1.83 bits per heavy atom. The standard InChI is InChI=1S/C15H9Cl2N3O2S/c16-12-6-11(13(17)23-12)14(21)20-9-7-18-15(19-8-9)22-10-4-2-1-3-5-10/h1-8H,(H,20,21). The van der Waals surface area contributed by atoms with Crippen molar-refractivity contribution in [2.24, 2.45) is 0 Å². The summed E-state index contributed by atoms with van der Waals surface area (Å²) in [6, 6.07) is 10.9. The van der Waals surface area contributed by atoms with Crippen LogP contribution in [0.3, 0.4) is 0 Å². The number of halogens is 2. The molecule has 1 aromatic carbocycles. The van der Waals surface area contributed by atoms with Crippen molar-refractivity contribution >= 4 is 46.1 Å². The number of hydrogen-bond donors (Lipinski definition) is 1. The number of para-hydroxylation sites is 1. The first kappa shape index (κ1) is 15.7. The number of hydrogen-bond acceptors (Lipinski definition) is 5. The molecule has 0 saturated heterocycles. The minimum absolute atomic E-state index is 0.186. The molecule has 1 N–H and O–H groups in total. The second kappa shape index (κ2) is 6.95. The summed E-state index contributed by atoms with van der Waals surface area (Å²) < 4.78 is 6.25. The summed E-state index contributed by atoms with van der Waals surface area (Å²) in [5.41, 5.74) is 0.736. The van der Waals surface area contributed by atoms with Gasteiger partial charge in [-0.05, 0) is 18.2 Å². The van der Waals surface area contributed by atoms with Crippen LogP contribution >= 0.6 is 34.5 Å². The molecule has 0 spiro atoms. The molecule has 0 fully saturated rings. The van der Waals surface area contributed by atoms with E-state index < -0.39 is 0 Å². The van der Waals surface area contributed by atoms with Gasteiger partial charge in [-0.1, -0.05) is 41.4 Å². The molecule has 0 atom stereocenters. The fourth-order valence-electron chi connectivity index (χ4n) is 1.72. The number of carbonyl (C=O) groups excluding carboxylic acids is 1. The minimum atomic E-state index is -0.376. The number of nitrogens with zero attached hydrogens (tertiary/aromatic N) is 2. The maximum absolute atomic E-state index is 12.1. The molecular formula is C15H9Cl2N3O2S. The summed E-state index contributed by atoms with van der Waals surface area (Å²) in [5.74, 6) is 0.252. The van der Waals surface area contributed by atoms with Crippen molar-refractivity contribution in [2.75, 3.05) is 5.32 Å². The first-order valence-corrected chi connectivity index (χ1v) is 8.00. The Morgan fingerprint density at radius 1 is 1.13 bits per heavy atom. The summed E-state index contributed by atoms with van der Waals surface area (Å²) in [6.07, 6.45) is 2.90. The number of benzene rings is 1. The van der Waals surface area contributed by atoms with Crippen LogP contribution in [0, 0.1) is 0 Å². The van der Waals surface area contributed by atoms with Crippen LogP contribution < -0.4 is 10.1 Å². The van der Waals surface area contributed by atoms with Gasteiger partial charge in [0.25, 0.3) is 5.91 Å². The van der Waals surface area contributed by atoms with Crippen LogP contribution in [0.15, 0.2) is 48.8 Å². The van der Waals surface area contributed by atoms with E-state index in [1.165, 1.54) is 18.5 Å². The van der Waals surface area contributed by atoms with Crippen molar-refractivity contribution in [1.29, 1.82) is 0 Å². The third-order valence-electron chi connectivity index (χ3n) is 2.74. The Kier molecular flexibility index (Phi) is 4.76. The highest BCUT2D eigenvalue weighted by molar-refractivity contribution is 7.20. The van der Waals surface area contributed by atoms with Gasteiger partial charge in [-0.15, -0.1) is 11.3 Å². The first-order valence-electron chi connectivity index (χ1n) is 6.43. The van der Waals surface area contributed by atoms with Crippen LogP contribution in [-0.4, -0.2) is 15.9 Å². The quantitative estimate of drug-likeness (QED) is 0.714. The third kappa shape index (κ3) is 3.98. The summed E-state index contributed by atoms with van der Waals surface area (Å²) in [7, 11) is 0. The Balaban J connectivity index is 1.68. The number of anilines is 1. The normalized spacial score (nSPS) is 10.3. The zero-order valence-corrected chi connectivity index (χ0v) is 13.8. The average Bonchev–Trinajstić information content (AvgIpc) is 2.89. The van der Waals surface area contributed by atoms with Crippen LogP contribution in [-0.2, 0) is 0 Å². The maximum Gasteiger partial charge on any atom is 0.322 e. The molecule has 0 saturated carbocycles. The molecule has 0 aliphatic heterocycles. The van der Waals surface area contributed by atoms with Gasteiger partial charge in [-0.3, -0.25) is 4.79 Å². The summed E-state index contributed by atoms with van der Waals surface area (Å²) in [5, 5.41) is 2.65. The van der Waals surface area contributed by atoms with Gasteiger partial charge in [-0.2, -0.15) is 0 Å². The van der Waals surface area contributed by atoms with E-state index >= 15 is 0 Å². The predicted octanol–water partition coefficient (Wildman–Crippen LogP) is 4.89. The van der Waals surface area contributed by atoms with Crippen LogP contribution in [0.4, 0.5) is 5.69 Å². The second-order valence-electron chi connectivity index (χ2n) is 4.36. The number of carbonyl (C=O) groups is 1. The number of amides is 1. The van der Waals surface area contributed by atoms with Crippen LogP contribution in [0.1, 0.15) is 10.4 Å². The maximum atomic E-state index is 12.1. The second-order valence-corrected chi connectivity index (χ2v) is 6.65. The molecule has 0 aliphatic rings. The molecule has 0 aliphatic carbocycles. The lowest BCUT2D eigenvalue weighted by Gasteiger charge is -2.05. The van der Waals surface area contributed by atoms with Gasteiger partial charge in [0.15, 0.2) is 0 Å². The molecule has 1 amide bonds. The summed E-state index contributed by atoms with van der Waals surface area (Å²) in [4.78, 5) is 20.2. The molecule has 0 unspecified atom stereocenters. The Morgan fingerprint density at radius 3 is 2.43 bits per heavy atom. The van der Waals surface area contributed by atoms with E-state index in [2.05, 4.69) is 15.3 Å². The lowest BCUT2D eigenvalue weighted by molar-refractivity contribution is 0.102. The Bertz CT molecular complexity index is 822. The van der Waals surface area contributed by atoms with Crippen molar-refractivity contribution < 1.29 is 9.53 Å². The molecule has 3 rings (SSSR count). The SMILES string of the molecule is O=C(Nc1cnc(Oc2ccccc2)nc1)c1cc(Cl)sc1Cl. The van der Waals surface area contributed by atoms with Gasteiger partial charge < -0.3 is 10.1 Å². The molecule has 2 aromatic heterocycles. The Labute approximate surface area is 145 Å². The van der Waals surface area contributed by atoms with Crippen molar-refractivity contribution in [1.82, 2.24) is 9.97 Å². The minimum Gasteiger partial charge on any atom is -0.424 e. The monoisotopic (exact) mass is 365 g/mol. The largest absolute Gasteiger partial charge is 0.424 e. The highest BCUT2D eigenvalue weighted by Gasteiger charge is 2.14. The number of ether oxygens (including phenoxy) is 1. The van der Waals surface area contributed by atoms with Gasteiger partial charge >= 0.3 is 6.01 Å². The number of rotatable bonds is 4. The fraction of sp³-hybridized carbons (Fsp3) is 0. The van der Waals surface area contributed by atoms with Crippen LogP contribution in [0.2, 0.25) is 8.67 Å². The lowest BCUT2D eigenvalue weighted by atomic mass is 10.3. The average molecular weight is 366 g/mol. The topological polar surface area (TPSA) is 64.1 Å². The molecule has 5 nitrogen and oxygen atoms in total. The molecule has 8 heteroatoms. The van der Waals surface area contributed by atoms with Crippen molar-refractivity contribution in [3.63, 3.8) is 0 Å². The molecule has 23 heavy (non-hydrogen) atoms. The van der Waals surface area contributed by atoms with E-state index in [0.29, 0.717) is 25.7 Å². The zero-order valence-electron chi connectivity index (χ0n) is 11.5. The van der Waals surface area contributed by atoms with Crippen molar-refractivity contribution in [3.8, 4) is 11.8 Å². The highest BCUT2D eigenvalue weighted by atomic mass is 35.5. The van der Waals surface area contributed by atoms with Crippen molar-refractivity contribution in [2.45, 2.75) is 0 Å². The van der Waals surface area contributed by atoms with E-state index in [1.807, 2.05) is 18.2 Å². The van der Waals surface area contributed by atoms with E-state index in [4.69, 9.17) is 27.9 Å². The first-order chi connectivity index (χ1) is 11.1. The molecule has 3 aromatic rings. The lowest BCUT2D eigenvalue weighted by Crippen LogP contribution is -2.11. The number of aromatic nitrogens is 2. The number of nitrogens with one attached hydrogen (secondary N) is 1. The van der Waals surface area contributed by atoms with E-state index in [9.17, 15) is 4.79 Å². The Hall–Kier alpha value is -2.15. The molecule has 0 bridgehead atoms. The molecular weight excluding hydrogens is 357 g/mol. The smallest absolute Gasteiger partial charge is 0.322 e. The van der Waals surface area contributed by atoms with Crippen LogP contribution in [0.25, 0.3) is 0 Å². The zero-order chi connectivity index (χ0) is 16.2. The highest BCUT2D eigenvalue weighted by Crippen LogP contribution is 2.31. The number of thiophene rings is 1. The summed E-state index contributed by atoms with van der Waals surface area (Å²) >= 11 is 12.9. The van der Waals surface area contributed by atoms with E-state index in [1.54, 1.807) is 12.1 Å². The van der Waals surface area contributed by atoms with Gasteiger partial charge in [0.05, 0.1) is 28.0 Å². The van der Waals surface area contributed by atoms with Crippen molar-refractivity contribution in [3.05, 3.63) is 63.0 Å². The van der Waals surface area contributed by atoms with E-state index in [0.717, 1.165) is 11.3 Å². The van der Waals surface area contributed by atoms with Gasteiger partial charge in [0.1, 0.15) is 10.1 Å². The third-order valence-corrected chi connectivity index (χ3v) is 4.23. The molecule has 116 valence electrons. The summed E-state index contributed by atoms with van der Waals surface area (Å²) in [6.45, 7) is 0.